The van der Waals surface area contributed by atoms with Gasteiger partial charge in [0.25, 0.3) is 17.7 Å². The van der Waals surface area contributed by atoms with Crippen LogP contribution in [0, 0.1) is 0 Å². The second-order valence-corrected chi connectivity index (χ2v) is 6.68. The molecule has 3 rings (SSSR count). The van der Waals surface area contributed by atoms with Crippen LogP contribution in [0.25, 0.3) is 0 Å². The lowest BCUT2D eigenvalue weighted by atomic mass is 9.98. The number of carbonyl (C=O) groups excluding carboxylic acids is 3. The van der Waals surface area contributed by atoms with Gasteiger partial charge in [0.15, 0.2) is 0 Å². The van der Waals surface area contributed by atoms with Crippen LogP contribution in [-0.2, 0) is 4.79 Å². The van der Waals surface area contributed by atoms with Gasteiger partial charge >= 0.3 is 5.97 Å². The topological polar surface area (TPSA) is 104 Å². The van der Waals surface area contributed by atoms with Crippen molar-refractivity contribution in [3.05, 3.63) is 34.9 Å². The van der Waals surface area contributed by atoms with E-state index in [1.54, 1.807) is 0 Å². The van der Waals surface area contributed by atoms with E-state index in [2.05, 4.69) is 5.32 Å². The number of thioether (sulfide) groups is 1. The molecule has 0 spiro atoms. The average molecular weight is 334 g/mol. The van der Waals surface area contributed by atoms with Crippen molar-refractivity contribution in [3.63, 3.8) is 0 Å². The van der Waals surface area contributed by atoms with Crippen LogP contribution in [0.3, 0.4) is 0 Å². The molecule has 2 heterocycles. The fraction of sp³-hybridized carbons (Fsp3) is 0.333. The van der Waals surface area contributed by atoms with Crippen LogP contribution in [0.4, 0.5) is 0 Å². The Morgan fingerprint density at radius 2 is 1.96 bits per heavy atom. The number of nitrogens with zero attached hydrogens (tertiary/aromatic N) is 1. The van der Waals surface area contributed by atoms with E-state index in [1.165, 1.54) is 37.0 Å². The van der Waals surface area contributed by atoms with Crippen LogP contribution in [0.2, 0.25) is 0 Å². The van der Waals surface area contributed by atoms with E-state index >= 15 is 0 Å². The van der Waals surface area contributed by atoms with E-state index < -0.39 is 29.2 Å². The number of carbonyl (C=O) groups is 4. The Morgan fingerprint density at radius 3 is 2.57 bits per heavy atom. The molecule has 1 atom stereocenters. The minimum absolute atomic E-state index is 0.162. The Bertz CT molecular complexity index is 739. The SMILES string of the molecule is CN1C(=O)c2ccc(C(=O)NC3(C(=O)O)CCSC3)cc2C1=O. The van der Waals surface area contributed by atoms with Crippen LogP contribution in [0.1, 0.15) is 37.5 Å². The number of rotatable bonds is 3. The van der Waals surface area contributed by atoms with Gasteiger partial charge in [-0.1, -0.05) is 0 Å². The summed E-state index contributed by atoms with van der Waals surface area (Å²) < 4.78 is 0. The molecule has 8 heteroatoms. The molecule has 2 aliphatic heterocycles. The normalized spacial score (nSPS) is 23.1. The maximum atomic E-state index is 12.4. The smallest absolute Gasteiger partial charge is 0.330 e. The van der Waals surface area contributed by atoms with Crippen molar-refractivity contribution in [2.45, 2.75) is 12.0 Å². The Labute approximate surface area is 136 Å². The molecule has 23 heavy (non-hydrogen) atoms. The number of benzene rings is 1. The van der Waals surface area contributed by atoms with Crippen molar-refractivity contribution in [2.75, 3.05) is 18.6 Å². The zero-order valence-electron chi connectivity index (χ0n) is 12.3. The minimum Gasteiger partial charge on any atom is -0.479 e. The number of nitrogens with one attached hydrogen (secondary N) is 1. The molecule has 1 saturated heterocycles. The molecule has 7 nitrogen and oxygen atoms in total. The Kier molecular flexibility index (Phi) is 3.63. The van der Waals surface area contributed by atoms with Crippen molar-refractivity contribution >= 4 is 35.5 Å². The maximum absolute atomic E-state index is 12.4. The highest BCUT2D eigenvalue weighted by Gasteiger charge is 2.43. The lowest BCUT2D eigenvalue weighted by Gasteiger charge is -2.24. The molecular weight excluding hydrogens is 320 g/mol. The van der Waals surface area contributed by atoms with Crippen molar-refractivity contribution < 1.29 is 24.3 Å². The summed E-state index contributed by atoms with van der Waals surface area (Å²) in [5, 5.41) is 12.0. The first-order valence-corrected chi connectivity index (χ1v) is 8.11. The number of fused-ring (bicyclic) bond motifs is 1. The highest BCUT2D eigenvalue weighted by Crippen LogP contribution is 2.29. The molecule has 2 aliphatic rings. The van der Waals surface area contributed by atoms with Crippen LogP contribution in [0.5, 0.6) is 0 Å². The molecule has 1 unspecified atom stereocenters. The molecule has 1 fully saturated rings. The minimum atomic E-state index is -1.28. The molecule has 0 saturated carbocycles. The second-order valence-electron chi connectivity index (χ2n) is 5.57. The molecule has 1 aromatic rings. The Hall–Kier alpha value is -2.35. The molecule has 0 radical (unpaired) electrons. The van der Waals surface area contributed by atoms with Gasteiger partial charge in [-0.3, -0.25) is 19.3 Å². The van der Waals surface area contributed by atoms with Gasteiger partial charge in [0, 0.05) is 18.4 Å². The van der Waals surface area contributed by atoms with Gasteiger partial charge in [0.1, 0.15) is 5.54 Å². The predicted octanol–water partition coefficient (Wildman–Crippen LogP) is 0.602. The number of aliphatic carboxylic acids is 1. The molecular formula is C15H14N2O5S. The zero-order valence-corrected chi connectivity index (χ0v) is 13.1. The predicted molar refractivity (Wildman–Crippen MR) is 82.6 cm³/mol. The largest absolute Gasteiger partial charge is 0.479 e. The van der Waals surface area contributed by atoms with Gasteiger partial charge < -0.3 is 10.4 Å². The lowest BCUT2D eigenvalue weighted by Crippen LogP contribution is -2.54. The fourth-order valence-electron chi connectivity index (χ4n) is 2.68. The third-order valence-electron chi connectivity index (χ3n) is 4.14. The van der Waals surface area contributed by atoms with E-state index in [9.17, 15) is 24.3 Å². The van der Waals surface area contributed by atoms with Crippen LogP contribution >= 0.6 is 11.8 Å². The summed E-state index contributed by atoms with van der Waals surface area (Å²) in [5.41, 5.74) is -0.705. The standard InChI is InChI=1S/C15H14N2O5S/c1-17-12(19)9-3-2-8(6-10(9)13(17)20)11(18)16-15(14(21)22)4-5-23-7-15/h2-3,6H,4-5,7H2,1H3,(H,16,18)(H,21,22). The quantitative estimate of drug-likeness (QED) is 0.785. The summed E-state index contributed by atoms with van der Waals surface area (Å²) in [6, 6.07) is 4.19. The fourth-order valence-corrected chi connectivity index (χ4v) is 4.00. The highest BCUT2D eigenvalue weighted by atomic mass is 32.2. The van der Waals surface area contributed by atoms with E-state index in [4.69, 9.17) is 0 Å². The van der Waals surface area contributed by atoms with Crippen molar-refractivity contribution in [1.29, 1.82) is 0 Å². The number of amides is 3. The summed E-state index contributed by atoms with van der Waals surface area (Å²) in [4.78, 5) is 48.7. The number of hydrogen-bond acceptors (Lipinski definition) is 5. The van der Waals surface area contributed by atoms with Crippen molar-refractivity contribution in [3.8, 4) is 0 Å². The first kappa shape index (κ1) is 15.5. The molecule has 3 amide bonds. The third kappa shape index (κ3) is 2.39. The summed E-state index contributed by atoms with van der Waals surface area (Å²) >= 11 is 1.47. The zero-order chi connectivity index (χ0) is 16.8. The molecule has 0 aliphatic carbocycles. The summed E-state index contributed by atoms with van der Waals surface area (Å²) in [5.74, 6) is -1.54. The van der Waals surface area contributed by atoms with Crippen LogP contribution in [0.15, 0.2) is 18.2 Å². The van der Waals surface area contributed by atoms with Crippen LogP contribution in [-0.4, -0.2) is 57.8 Å². The van der Waals surface area contributed by atoms with Gasteiger partial charge in [-0.05, 0) is 30.4 Å². The van der Waals surface area contributed by atoms with Gasteiger partial charge in [-0.15, -0.1) is 0 Å². The molecule has 0 aromatic heterocycles. The lowest BCUT2D eigenvalue weighted by molar-refractivity contribution is -0.143. The first-order valence-electron chi connectivity index (χ1n) is 6.96. The third-order valence-corrected chi connectivity index (χ3v) is 5.33. The van der Waals surface area contributed by atoms with Gasteiger partial charge in [0.2, 0.25) is 0 Å². The van der Waals surface area contributed by atoms with E-state index in [0.29, 0.717) is 17.9 Å². The number of imide groups is 1. The van der Waals surface area contributed by atoms with Gasteiger partial charge in [-0.2, -0.15) is 11.8 Å². The number of hydrogen-bond donors (Lipinski definition) is 2. The van der Waals surface area contributed by atoms with E-state index in [1.807, 2.05) is 0 Å². The average Bonchev–Trinajstić information content (AvgIpc) is 3.08. The first-order chi connectivity index (χ1) is 10.9. The highest BCUT2D eigenvalue weighted by molar-refractivity contribution is 7.99. The van der Waals surface area contributed by atoms with Crippen LogP contribution < -0.4 is 5.32 Å². The second kappa shape index (κ2) is 5.38. The maximum Gasteiger partial charge on any atom is 0.330 e. The molecule has 120 valence electrons. The summed E-state index contributed by atoms with van der Waals surface area (Å²) in [6.07, 6.45) is 0.351. The monoisotopic (exact) mass is 334 g/mol. The van der Waals surface area contributed by atoms with Gasteiger partial charge in [-0.25, -0.2) is 4.79 Å². The molecule has 1 aromatic carbocycles. The Balaban J connectivity index is 1.89. The number of carboxylic acids is 1. The van der Waals surface area contributed by atoms with E-state index in [-0.39, 0.29) is 16.7 Å². The Morgan fingerprint density at radius 1 is 1.26 bits per heavy atom. The molecule has 2 N–H and O–H groups in total. The van der Waals surface area contributed by atoms with Crippen molar-refractivity contribution in [2.24, 2.45) is 0 Å². The summed E-state index contributed by atoms with van der Waals surface area (Å²) in [7, 11) is 1.37. The van der Waals surface area contributed by atoms with Gasteiger partial charge in [0.05, 0.1) is 11.1 Å². The number of carboxylic acid groups (broad SMARTS) is 1. The summed E-state index contributed by atoms with van der Waals surface area (Å²) in [6.45, 7) is 0. The molecule has 0 bridgehead atoms. The van der Waals surface area contributed by atoms with E-state index in [0.717, 1.165) is 4.90 Å². The van der Waals surface area contributed by atoms with Crippen molar-refractivity contribution in [1.82, 2.24) is 10.2 Å².